The normalized spacial score (nSPS) is 20.1. The minimum absolute atomic E-state index is 0.185. The maximum atomic E-state index is 12.0. The largest absolute Gasteiger partial charge is 0.395 e. The summed E-state index contributed by atoms with van der Waals surface area (Å²) in [5.41, 5.74) is 1.88. The van der Waals surface area contributed by atoms with E-state index in [4.69, 9.17) is 20.8 Å². The fraction of sp³-hybridized carbons (Fsp3) is 0.429. The predicted molar refractivity (Wildman–Crippen MR) is 101 cm³/mol. The molecule has 2 heterocycles. The topological polar surface area (TPSA) is 55.7 Å². The van der Waals surface area contributed by atoms with Gasteiger partial charge in [0, 0.05) is 25.2 Å². The lowest BCUT2D eigenvalue weighted by Gasteiger charge is -2.29. The van der Waals surface area contributed by atoms with Gasteiger partial charge in [-0.25, -0.2) is 6.57 Å². The standard InChI is InChI=1S/C21H22N2O4/c1-22-21(27-20(24)7-6-19-14-26-19)17-3-2-16-13-18(5-4-15(16)12-17)23-8-10-25-11-9-23/h2-5,12-13,19,21H,6-11,14H2. The van der Waals surface area contributed by atoms with Gasteiger partial charge in [0.1, 0.15) is 0 Å². The Kier molecular flexibility index (Phi) is 5.23. The number of nitrogens with zero attached hydrogens (tertiary/aromatic N) is 2. The molecule has 0 aliphatic carbocycles. The van der Waals surface area contributed by atoms with Crippen molar-refractivity contribution in [2.45, 2.75) is 25.2 Å². The fourth-order valence-electron chi connectivity index (χ4n) is 3.29. The van der Waals surface area contributed by atoms with Crippen molar-refractivity contribution < 1.29 is 19.0 Å². The summed E-state index contributed by atoms with van der Waals surface area (Å²) in [5.74, 6) is -0.353. The molecule has 2 unspecified atom stereocenters. The van der Waals surface area contributed by atoms with Gasteiger partial charge in [-0.05, 0) is 41.5 Å². The average molecular weight is 366 g/mol. The van der Waals surface area contributed by atoms with E-state index in [1.54, 1.807) is 0 Å². The number of carbonyl (C=O) groups excluding carboxylic acids is 1. The highest BCUT2D eigenvalue weighted by Crippen LogP contribution is 2.28. The molecule has 2 aliphatic rings. The molecule has 6 nitrogen and oxygen atoms in total. The van der Waals surface area contributed by atoms with E-state index in [0.717, 1.165) is 43.7 Å². The molecule has 6 heteroatoms. The molecule has 4 rings (SSSR count). The quantitative estimate of drug-likeness (QED) is 0.446. The first-order chi connectivity index (χ1) is 13.2. The van der Waals surface area contributed by atoms with E-state index in [0.29, 0.717) is 12.0 Å². The van der Waals surface area contributed by atoms with Gasteiger partial charge in [-0.3, -0.25) is 9.64 Å². The maximum Gasteiger partial charge on any atom is 0.395 e. The van der Waals surface area contributed by atoms with Crippen LogP contribution in [0.5, 0.6) is 0 Å². The van der Waals surface area contributed by atoms with Gasteiger partial charge in [-0.15, -0.1) is 0 Å². The van der Waals surface area contributed by atoms with Crippen molar-refractivity contribution in [3.05, 3.63) is 53.4 Å². The summed E-state index contributed by atoms with van der Waals surface area (Å²) < 4.78 is 15.9. The molecule has 0 saturated carbocycles. The predicted octanol–water partition coefficient (Wildman–Crippen LogP) is 3.32. The molecule has 140 valence electrons. The molecule has 0 N–H and O–H groups in total. The molecule has 2 fully saturated rings. The summed E-state index contributed by atoms with van der Waals surface area (Å²) in [4.78, 5) is 17.8. The van der Waals surface area contributed by atoms with Crippen LogP contribution in [-0.2, 0) is 19.0 Å². The second kappa shape index (κ2) is 7.95. The van der Waals surface area contributed by atoms with Crippen LogP contribution in [0.15, 0.2) is 36.4 Å². The Balaban J connectivity index is 1.47. The molecule has 2 aromatic carbocycles. The lowest BCUT2D eigenvalue weighted by molar-refractivity contribution is -0.147. The third-order valence-electron chi connectivity index (χ3n) is 4.94. The highest BCUT2D eigenvalue weighted by Gasteiger charge is 2.26. The van der Waals surface area contributed by atoms with Gasteiger partial charge in [0.2, 0.25) is 0 Å². The summed E-state index contributed by atoms with van der Waals surface area (Å²) in [5, 5.41) is 2.13. The summed E-state index contributed by atoms with van der Waals surface area (Å²) in [6.07, 6.45) is 0.227. The van der Waals surface area contributed by atoms with Crippen molar-refractivity contribution in [3.63, 3.8) is 0 Å². The van der Waals surface area contributed by atoms with Crippen LogP contribution in [0.3, 0.4) is 0 Å². The molecule has 2 aliphatic heterocycles. The number of hydrogen-bond acceptors (Lipinski definition) is 5. The van der Waals surface area contributed by atoms with E-state index < -0.39 is 6.23 Å². The fourth-order valence-corrected chi connectivity index (χ4v) is 3.29. The minimum atomic E-state index is -0.902. The molecule has 0 bridgehead atoms. The Morgan fingerprint density at radius 3 is 2.70 bits per heavy atom. The number of ether oxygens (including phenoxy) is 3. The first kappa shape index (κ1) is 17.8. The SMILES string of the molecule is [C-]#[N+]C(OC(=O)CCC1CO1)c1ccc2cc(N3CCOCC3)ccc2c1. The van der Waals surface area contributed by atoms with E-state index in [1.165, 1.54) is 5.69 Å². The number of esters is 1. The van der Waals surface area contributed by atoms with Crippen molar-refractivity contribution in [3.8, 4) is 0 Å². The molecule has 2 aromatic rings. The smallest absolute Gasteiger partial charge is 0.388 e. The van der Waals surface area contributed by atoms with E-state index in [9.17, 15) is 4.79 Å². The number of benzene rings is 2. The third kappa shape index (κ3) is 4.38. The number of rotatable bonds is 6. The molecular weight excluding hydrogens is 344 g/mol. The average Bonchev–Trinajstić information content (AvgIpc) is 3.55. The molecule has 0 radical (unpaired) electrons. The Morgan fingerprint density at radius 2 is 1.96 bits per heavy atom. The number of morpholine rings is 1. The number of hydrogen-bond donors (Lipinski definition) is 0. The zero-order valence-electron chi connectivity index (χ0n) is 15.1. The maximum absolute atomic E-state index is 12.0. The number of anilines is 1. The van der Waals surface area contributed by atoms with Crippen LogP contribution in [0.4, 0.5) is 5.69 Å². The van der Waals surface area contributed by atoms with Crippen molar-refractivity contribution >= 4 is 22.4 Å². The Hall–Kier alpha value is -2.62. The molecular formula is C21H22N2O4. The van der Waals surface area contributed by atoms with Crippen LogP contribution in [0.2, 0.25) is 0 Å². The first-order valence-electron chi connectivity index (χ1n) is 9.27. The van der Waals surface area contributed by atoms with Gasteiger partial charge in [0.05, 0.1) is 31.5 Å². The van der Waals surface area contributed by atoms with Gasteiger partial charge in [0.15, 0.2) is 0 Å². The molecule has 0 spiro atoms. The summed E-state index contributed by atoms with van der Waals surface area (Å²) in [6.45, 7) is 11.4. The lowest BCUT2D eigenvalue weighted by Crippen LogP contribution is -2.36. The van der Waals surface area contributed by atoms with E-state index in [-0.39, 0.29) is 18.5 Å². The number of fused-ring (bicyclic) bond motifs is 1. The van der Waals surface area contributed by atoms with Gasteiger partial charge in [0.25, 0.3) is 0 Å². The van der Waals surface area contributed by atoms with Crippen molar-refractivity contribution in [1.82, 2.24) is 0 Å². The summed E-state index contributed by atoms with van der Waals surface area (Å²) in [7, 11) is 0. The van der Waals surface area contributed by atoms with Gasteiger partial charge in [-0.2, -0.15) is 0 Å². The van der Waals surface area contributed by atoms with Gasteiger partial charge in [-0.1, -0.05) is 12.1 Å². The van der Waals surface area contributed by atoms with Crippen LogP contribution in [-0.4, -0.2) is 45.0 Å². The number of carbonyl (C=O) groups is 1. The van der Waals surface area contributed by atoms with E-state index in [2.05, 4.69) is 27.9 Å². The molecule has 0 amide bonds. The van der Waals surface area contributed by atoms with Crippen molar-refractivity contribution in [2.75, 3.05) is 37.8 Å². The summed E-state index contributed by atoms with van der Waals surface area (Å²) in [6, 6.07) is 12.1. The third-order valence-corrected chi connectivity index (χ3v) is 4.94. The first-order valence-corrected chi connectivity index (χ1v) is 9.27. The van der Waals surface area contributed by atoms with Crippen LogP contribution in [0, 0.1) is 6.57 Å². The Morgan fingerprint density at radius 1 is 1.22 bits per heavy atom. The molecule has 0 aromatic heterocycles. The van der Waals surface area contributed by atoms with Crippen molar-refractivity contribution in [2.24, 2.45) is 0 Å². The molecule has 2 saturated heterocycles. The highest BCUT2D eigenvalue weighted by molar-refractivity contribution is 5.86. The van der Waals surface area contributed by atoms with Crippen LogP contribution >= 0.6 is 0 Å². The lowest BCUT2D eigenvalue weighted by atomic mass is 10.0. The summed E-state index contributed by atoms with van der Waals surface area (Å²) >= 11 is 0. The number of epoxide rings is 1. The van der Waals surface area contributed by atoms with Gasteiger partial charge < -0.3 is 19.1 Å². The highest BCUT2D eigenvalue weighted by atomic mass is 16.6. The monoisotopic (exact) mass is 366 g/mol. The zero-order chi connectivity index (χ0) is 18.6. The van der Waals surface area contributed by atoms with Crippen LogP contribution < -0.4 is 4.90 Å². The Bertz CT molecular complexity index is 866. The van der Waals surface area contributed by atoms with Gasteiger partial charge >= 0.3 is 12.2 Å². The second-order valence-electron chi connectivity index (χ2n) is 6.86. The molecule has 2 atom stereocenters. The van der Waals surface area contributed by atoms with E-state index in [1.807, 2.05) is 18.2 Å². The van der Waals surface area contributed by atoms with Crippen LogP contribution in [0.1, 0.15) is 24.6 Å². The second-order valence-corrected chi connectivity index (χ2v) is 6.86. The Labute approximate surface area is 158 Å². The minimum Gasteiger partial charge on any atom is -0.388 e. The zero-order valence-corrected chi connectivity index (χ0v) is 15.1. The van der Waals surface area contributed by atoms with Crippen molar-refractivity contribution in [1.29, 1.82) is 0 Å². The van der Waals surface area contributed by atoms with E-state index >= 15 is 0 Å². The molecule has 27 heavy (non-hydrogen) atoms. The van der Waals surface area contributed by atoms with Crippen LogP contribution in [0.25, 0.3) is 15.6 Å².